The lowest BCUT2D eigenvalue weighted by Crippen LogP contribution is -2.29. The lowest BCUT2D eigenvalue weighted by Gasteiger charge is -2.24. The van der Waals surface area contributed by atoms with Crippen LogP contribution < -0.4 is 14.4 Å². The summed E-state index contributed by atoms with van der Waals surface area (Å²) in [7, 11) is 1.36. The van der Waals surface area contributed by atoms with Gasteiger partial charge in [-0.1, -0.05) is 43.0 Å². The summed E-state index contributed by atoms with van der Waals surface area (Å²) in [5.41, 5.74) is 0.667. The summed E-state index contributed by atoms with van der Waals surface area (Å²) in [6, 6.07) is 8.32. The molecule has 41 heavy (non-hydrogen) atoms. The molecule has 1 aliphatic heterocycles. The van der Waals surface area contributed by atoms with Crippen LogP contribution in [0, 0.1) is 6.92 Å². The molecule has 1 aromatic heterocycles. The van der Waals surface area contributed by atoms with Crippen molar-refractivity contribution in [3.05, 3.63) is 80.8 Å². The SMILES string of the molecule is C=CCOC(=O)c1sc(N2C(=O)C(=O)C(=C(O)c3cccc(OCCC)c3)C2c2cc(Br)c(O)c(OC)c2)nc1C. The van der Waals surface area contributed by atoms with Crippen molar-refractivity contribution >= 4 is 55.8 Å². The third-order valence-corrected chi connectivity index (χ3v) is 7.86. The van der Waals surface area contributed by atoms with E-state index in [-0.39, 0.29) is 43.7 Å². The Balaban J connectivity index is 1.93. The number of halogens is 1. The van der Waals surface area contributed by atoms with E-state index in [0.29, 0.717) is 23.6 Å². The van der Waals surface area contributed by atoms with E-state index >= 15 is 0 Å². The van der Waals surface area contributed by atoms with Gasteiger partial charge in [0.25, 0.3) is 5.78 Å². The van der Waals surface area contributed by atoms with Crippen molar-refractivity contribution in [2.75, 3.05) is 25.2 Å². The number of nitrogens with zero attached hydrogens (tertiary/aromatic N) is 2. The fraction of sp³-hybridized carbons (Fsp3) is 0.241. The minimum Gasteiger partial charge on any atom is -0.507 e. The smallest absolute Gasteiger partial charge is 0.350 e. The van der Waals surface area contributed by atoms with Gasteiger partial charge in [0.05, 0.1) is 35.5 Å². The Bertz CT molecular complexity index is 1560. The molecule has 1 amide bonds. The first-order chi connectivity index (χ1) is 19.6. The number of hydrogen-bond donors (Lipinski definition) is 2. The lowest BCUT2D eigenvalue weighted by atomic mass is 9.95. The number of aryl methyl sites for hydroxylation is 1. The standard InChI is InChI=1S/C29H27BrN2O8S/c1-5-10-39-18-9-7-8-16(12-18)23(33)21-22(17-13-19(30)24(34)20(14-17)38-4)32(27(36)25(21)35)29-31-15(3)26(41-29)28(37)40-11-6-2/h6-9,12-14,22,33-34H,2,5,10-11H2,1,3-4H3. The molecule has 2 aromatic carbocycles. The second-order valence-electron chi connectivity index (χ2n) is 8.90. The largest absolute Gasteiger partial charge is 0.507 e. The molecule has 10 nitrogen and oxygen atoms in total. The first-order valence-corrected chi connectivity index (χ1v) is 14.1. The molecule has 4 rings (SSSR count). The Labute approximate surface area is 248 Å². The molecule has 214 valence electrons. The number of hydrogen-bond acceptors (Lipinski definition) is 10. The number of aliphatic hydroxyl groups is 1. The summed E-state index contributed by atoms with van der Waals surface area (Å²) in [5, 5.41) is 21.9. The Morgan fingerprint density at radius 3 is 2.71 bits per heavy atom. The van der Waals surface area contributed by atoms with E-state index in [1.165, 1.54) is 25.3 Å². The van der Waals surface area contributed by atoms with Gasteiger partial charge in [0.15, 0.2) is 16.6 Å². The second kappa shape index (κ2) is 12.6. The van der Waals surface area contributed by atoms with Crippen LogP contribution in [0.15, 0.2) is 59.1 Å². The topological polar surface area (TPSA) is 135 Å². The predicted octanol–water partition coefficient (Wildman–Crippen LogP) is 5.69. The van der Waals surface area contributed by atoms with E-state index in [9.17, 15) is 24.6 Å². The maximum Gasteiger partial charge on any atom is 0.350 e. The minimum absolute atomic E-state index is 0.0155. The highest BCUT2D eigenvalue weighted by Crippen LogP contribution is 2.47. The number of ether oxygens (including phenoxy) is 3. The molecule has 1 aliphatic rings. The molecule has 2 heterocycles. The van der Waals surface area contributed by atoms with Crippen LogP contribution in [0.3, 0.4) is 0 Å². The van der Waals surface area contributed by atoms with Gasteiger partial charge in [-0.05, 0) is 59.1 Å². The van der Waals surface area contributed by atoms with Gasteiger partial charge in [-0.15, -0.1) is 0 Å². The van der Waals surface area contributed by atoms with E-state index < -0.39 is 29.5 Å². The van der Waals surface area contributed by atoms with Crippen molar-refractivity contribution in [1.29, 1.82) is 0 Å². The number of carbonyl (C=O) groups excluding carboxylic acids is 3. The van der Waals surface area contributed by atoms with Gasteiger partial charge in [0, 0.05) is 5.56 Å². The van der Waals surface area contributed by atoms with Crippen LogP contribution in [0.1, 0.15) is 45.9 Å². The Kier molecular flexibility index (Phi) is 9.14. The number of thiazole rings is 1. The number of rotatable bonds is 10. The zero-order valence-corrected chi connectivity index (χ0v) is 24.9. The number of ketones is 1. The van der Waals surface area contributed by atoms with Gasteiger partial charge < -0.3 is 24.4 Å². The van der Waals surface area contributed by atoms with Gasteiger partial charge in [0.1, 0.15) is 23.0 Å². The molecule has 0 aliphatic carbocycles. The molecule has 1 unspecified atom stereocenters. The first-order valence-electron chi connectivity index (χ1n) is 12.5. The van der Waals surface area contributed by atoms with Crippen LogP contribution in [-0.4, -0.2) is 53.2 Å². The number of phenolic OH excluding ortho intramolecular Hbond substituents is 1. The molecular formula is C29H27BrN2O8S. The average molecular weight is 644 g/mol. The van der Waals surface area contributed by atoms with E-state index in [1.54, 1.807) is 31.2 Å². The van der Waals surface area contributed by atoms with Gasteiger partial charge in [-0.2, -0.15) is 0 Å². The number of methoxy groups -OCH3 is 1. The highest BCUT2D eigenvalue weighted by molar-refractivity contribution is 9.10. The maximum atomic E-state index is 13.6. The first kappa shape index (κ1) is 29.8. The van der Waals surface area contributed by atoms with Crippen molar-refractivity contribution in [2.45, 2.75) is 26.3 Å². The minimum atomic E-state index is -1.19. The molecular weight excluding hydrogens is 616 g/mol. The molecule has 3 aromatic rings. The Hall–Kier alpha value is -4.16. The number of Topliss-reactive ketones (excluding diaryl/α,β-unsaturated/α-hetero) is 1. The van der Waals surface area contributed by atoms with Crippen LogP contribution in [0.5, 0.6) is 17.2 Å². The third-order valence-electron chi connectivity index (χ3n) is 6.12. The maximum absolute atomic E-state index is 13.6. The summed E-state index contributed by atoms with van der Waals surface area (Å²) >= 11 is 4.16. The molecule has 1 atom stereocenters. The monoisotopic (exact) mass is 642 g/mol. The van der Waals surface area contributed by atoms with Gasteiger partial charge in [-0.3, -0.25) is 14.5 Å². The second-order valence-corrected chi connectivity index (χ2v) is 10.7. The van der Waals surface area contributed by atoms with Gasteiger partial charge in [-0.25, -0.2) is 9.78 Å². The summed E-state index contributed by atoms with van der Waals surface area (Å²) in [4.78, 5) is 45.4. The quantitative estimate of drug-likeness (QED) is 0.0940. The average Bonchev–Trinajstić information content (AvgIpc) is 3.47. The van der Waals surface area contributed by atoms with E-state index in [0.717, 1.165) is 22.7 Å². The van der Waals surface area contributed by atoms with Gasteiger partial charge >= 0.3 is 11.9 Å². The number of esters is 1. The van der Waals surface area contributed by atoms with Crippen LogP contribution in [0.25, 0.3) is 5.76 Å². The van der Waals surface area contributed by atoms with Gasteiger partial charge in [0.2, 0.25) is 0 Å². The van der Waals surface area contributed by atoms with Crippen molar-refractivity contribution in [1.82, 2.24) is 4.98 Å². The fourth-order valence-electron chi connectivity index (χ4n) is 4.24. The summed E-state index contributed by atoms with van der Waals surface area (Å²) in [6.45, 7) is 7.51. The number of anilines is 1. The number of amides is 1. The van der Waals surface area contributed by atoms with Crippen LogP contribution in [-0.2, 0) is 14.3 Å². The van der Waals surface area contributed by atoms with E-state index in [4.69, 9.17) is 14.2 Å². The number of phenols is 1. The van der Waals surface area contributed by atoms with E-state index in [2.05, 4.69) is 27.5 Å². The van der Waals surface area contributed by atoms with Crippen molar-refractivity contribution in [2.24, 2.45) is 0 Å². The molecule has 0 radical (unpaired) electrons. The number of aromatic nitrogens is 1. The number of benzene rings is 2. The fourth-order valence-corrected chi connectivity index (χ4v) is 5.68. The van der Waals surface area contributed by atoms with Crippen molar-refractivity contribution in [3.8, 4) is 17.2 Å². The predicted molar refractivity (Wildman–Crippen MR) is 157 cm³/mol. The molecule has 0 saturated carbocycles. The number of aliphatic hydroxyl groups excluding tert-OH is 1. The normalized spacial score (nSPS) is 16.1. The zero-order valence-electron chi connectivity index (χ0n) is 22.5. The number of carbonyl (C=O) groups is 3. The molecule has 0 spiro atoms. The molecule has 12 heteroatoms. The molecule has 0 bridgehead atoms. The molecule has 1 saturated heterocycles. The Morgan fingerprint density at radius 2 is 2.02 bits per heavy atom. The third kappa shape index (κ3) is 5.84. The van der Waals surface area contributed by atoms with Crippen LogP contribution in [0.2, 0.25) is 0 Å². The van der Waals surface area contributed by atoms with Crippen LogP contribution >= 0.6 is 27.3 Å². The highest BCUT2D eigenvalue weighted by Gasteiger charge is 2.49. The highest BCUT2D eigenvalue weighted by atomic mass is 79.9. The molecule has 1 fully saturated rings. The van der Waals surface area contributed by atoms with Crippen molar-refractivity contribution < 1.29 is 38.8 Å². The lowest BCUT2D eigenvalue weighted by molar-refractivity contribution is -0.132. The van der Waals surface area contributed by atoms with E-state index in [1.807, 2.05) is 6.92 Å². The number of aromatic hydroxyl groups is 1. The summed E-state index contributed by atoms with van der Waals surface area (Å²) in [5.74, 6) is -2.65. The summed E-state index contributed by atoms with van der Waals surface area (Å²) < 4.78 is 16.4. The summed E-state index contributed by atoms with van der Waals surface area (Å²) in [6.07, 6.45) is 2.20. The zero-order chi connectivity index (χ0) is 29.8. The van der Waals surface area contributed by atoms with Crippen LogP contribution in [0.4, 0.5) is 5.13 Å². The van der Waals surface area contributed by atoms with Crippen molar-refractivity contribution in [3.63, 3.8) is 0 Å². The molecule has 2 N–H and O–H groups in total. The Morgan fingerprint density at radius 1 is 1.27 bits per heavy atom.